The Hall–Kier alpha value is -8.55. The van der Waals surface area contributed by atoms with Gasteiger partial charge in [0.1, 0.15) is 66.2 Å². The molecule has 1 rings (SSSR count). The second-order valence-corrected chi connectivity index (χ2v) is 21.9. The number of benzene rings is 1. The van der Waals surface area contributed by atoms with Gasteiger partial charge in [0.25, 0.3) is 0 Å². The summed E-state index contributed by atoms with van der Waals surface area (Å²) in [6, 6.07) is -12.1. The summed E-state index contributed by atoms with van der Waals surface area (Å²) in [6.07, 6.45) is -4.57. The first-order valence-electron chi connectivity index (χ1n) is 28.9. The largest absolute Gasteiger partial charge is 0.508 e. The Morgan fingerprint density at radius 3 is 1.36 bits per heavy atom. The number of carboxylic acids is 3. The van der Waals surface area contributed by atoms with Gasteiger partial charge in [-0.25, -0.2) is 4.79 Å². The monoisotopic (exact) mass is 1330 g/mol. The molecule has 0 aromatic heterocycles. The van der Waals surface area contributed by atoms with E-state index in [1.165, 1.54) is 31.2 Å². The number of amides is 11. The average Bonchev–Trinajstić information content (AvgIpc) is 2.62. The number of hydrogen-bond acceptors (Lipinski definition) is 21. The molecule has 91 heavy (non-hydrogen) atoms. The van der Waals surface area contributed by atoms with Gasteiger partial charge in [0.15, 0.2) is 5.96 Å². The second kappa shape index (κ2) is 41.7. The summed E-state index contributed by atoms with van der Waals surface area (Å²) in [5.74, 6) is -17.7. The Bertz CT molecular complexity index is 2710. The first-order chi connectivity index (χ1) is 42.7. The van der Waals surface area contributed by atoms with Crippen LogP contribution in [0.2, 0.25) is 0 Å². The van der Waals surface area contributed by atoms with E-state index in [1.54, 1.807) is 13.8 Å². The number of phenols is 1. The molecule has 0 spiro atoms. The number of hydrogen-bond donors (Lipinski definition) is 22. The Morgan fingerprint density at radius 1 is 0.516 bits per heavy atom. The fraction of sp³-hybridized carbons (Fsp3) is 0.611. The van der Waals surface area contributed by atoms with Gasteiger partial charge in [-0.15, -0.1) is 0 Å². The number of guanidine groups is 1. The molecule has 0 fully saturated rings. The summed E-state index contributed by atoms with van der Waals surface area (Å²) < 4.78 is 0. The number of nitrogens with one attached hydrogen (secondary N) is 10. The number of rotatable bonds is 44. The number of aliphatic imine (C=N–C) groups is 1. The van der Waals surface area contributed by atoms with Crippen LogP contribution < -0.4 is 81.8 Å². The van der Waals surface area contributed by atoms with Crippen LogP contribution in [0.4, 0.5) is 0 Å². The molecule has 37 heteroatoms. The molecular weight excluding hydrogens is 1240 g/mol. The van der Waals surface area contributed by atoms with Crippen LogP contribution in [0.5, 0.6) is 5.75 Å². The number of nitrogens with zero attached hydrogens (tertiary/aromatic N) is 1. The molecule has 0 aliphatic heterocycles. The van der Waals surface area contributed by atoms with Crippen molar-refractivity contribution in [3.05, 3.63) is 29.8 Å². The van der Waals surface area contributed by atoms with Crippen molar-refractivity contribution in [2.45, 2.75) is 177 Å². The minimum Gasteiger partial charge on any atom is -0.508 e. The highest BCUT2D eigenvalue weighted by Gasteiger charge is 2.37. The maximum absolute atomic E-state index is 14.5. The van der Waals surface area contributed by atoms with Gasteiger partial charge >= 0.3 is 17.9 Å². The molecule has 25 N–H and O–H groups in total. The van der Waals surface area contributed by atoms with Crippen molar-refractivity contribution in [3.63, 3.8) is 0 Å². The number of thiol groups is 2. The van der Waals surface area contributed by atoms with E-state index in [2.05, 4.69) is 83.4 Å². The van der Waals surface area contributed by atoms with Gasteiger partial charge in [0, 0.05) is 37.3 Å². The SMILES string of the molecule is CC[C@H](C)[C@H](NC(=O)[C@H](CCC(=O)O)NC(=O)[C@H](C)NC(=O)[C@H](CS)NC(=O)[C@H](CS)NC(=O)[C@H](CCC(=O)O)NC(=O)[C@H](Cc1ccc(O)cc1)NC(=O)[C@H](CCCCN)NC(=O)[C@H](CCCN=C(N)N)NC(=O)[C@@H](NC(=O)[C@@H](N)CC(N)=O)[C@@H](C)O)C(=O)O. The van der Waals surface area contributed by atoms with E-state index in [-0.39, 0.29) is 56.9 Å². The van der Waals surface area contributed by atoms with Crippen molar-refractivity contribution >= 4 is 114 Å². The van der Waals surface area contributed by atoms with Crippen LogP contribution in [-0.2, 0) is 73.5 Å². The zero-order chi connectivity index (χ0) is 69.2. The van der Waals surface area contributed by atoms with E-state index in [4.69, 9.17) is 28.7 Å². The summed E-state index contributed by atoms with van der Waals surface area (Å²) in [5.41, 5.74) is 27.8. The maximum atomic E-state index is 14.5. The van der Waals surface area contributed by atoms with Crippen LogP contribution in [0, 0.1) is 5.92 Å². The van der Waals surface area contributed by atoms with Crippen LogP contribution in [0.15, 0.2) is 29.3 Å². The number of carbonyl (C=O) groups excluding carboxylic acids is 11. The molecule has 510 valence electrons. The van der Waals surface area contributed by atoms with Crippen molar-refractivity contribution in [2.24, 2.45) is 39.6 Å². The number of phenolic OH excluding ortho intramolecular Hbond substituents is 1. The zero-order valence-corrected chi connectivity index (χ0v) is 52.6. The molecule has 1 aromatic rings. The molecule has 0 aliphatic rings. The Balaban J connectivity index is 3.58. The van der Waals surface area contributed by atoms with Crippen molar-refractivity contribution in [1.29, 1.82) is 0 Å². The molecule has 0 heterocycles. The average molecular weight is 1330 g/mol. The predicted molar refractivity (Wildman–Crippen MR) is 332 cm³/mol. The van der Waals surface area contributed by atoms with Gasteiger partial charge in [-0.3, -0.25) is 67.3 Å². The maximum Gasteiger partial charge on any atom is 0.326 e. The van der Waals surface area contributed by atoms with Crippen LogP contribution in [0.25, 0.3) is 0 Å². The molecular formula is C54H88N16O19S2. The quantitative estimate of drug-likeness (QED) is 0.0125. The number of aromatic hydroxyl groups is 1. The first kappa shape index (κ1) is 80.5. The minimum absolute atomic E-state index is 0.0284. The third-order valence-electron chi connectivity index (χ3n) is 13.7. The summed E-state index contributed by atoms with van der Waals surface area (Å²) in [7, 11) is 0. The second-order valence-electron chi connectivity index (χ2n) is 21.2. The van der Waals surface area contributed by atoms with Gasteiger partial charge in [-0.1, -0.05) is 32.4 Å². The molecule has 0 aliphatic carbocycles. The van der Waals surface area contributed by atoms with E-state index in [9.17, 15) is 92.7 Å². The molecule has 0 radical (unpaired) electrons. The Kier molecular flexibility index (Phi) is 36.9. The lowest BCUT2D eigenvalue weighted by Gasteiger charge is -2.28. The Morgan fingerprint density at radius 2 is 0.923 bits per heavy atom. The van der Waals surface area contributed by atoms with Crippen LogP contribution in [0.3, 0.4) is 0 Å². The van der Waals surface area contributed by atoms with Crippen molar-refractivity contribution in [2.75, 3.05) is 24.6 Å². The summed E-state index contributed by atoms with van der Waals surface area (Å²) in [4.78, 5) is 188. The van der Waals surface area contributed by atoms with Gasteiger partial charge in [-0.2, -0.15) is 25.3 Å². The highest BCUT2D eigenvalue weighted by Crippen LogP contribution is 2.15. The number of unbranched alkanes of at least 4 members (excludes halogenated alkanes) is 1. The van der Waals surface area contributed by atoms with Crippen LogP contribution >= 0.6 is 25.3 Å². The summed E-state index contributed by atoms with van der Waals surface area (Å²) >= 11 is 8.29. The standard InChI is InChI=1S/C54H88N16O19S2/c1-5-25(2)41(53(88)89)69-48(83)34(16-18-40(76)77)62-43(78)26(3)61-50(85)36(23-90)68-51(86)37(24-91)67-47(82)33(15-17-39(74)75)64-49(84)35(21-28-11-13-29(72)14-12-28)66-46(81)31(9-6-7-19-55)63-45(80)32(10-8-20-60-54(58)59)65-52(87)42(27(4)71)70-44(79)30(56)22-38(57)73/h11-14,25-27,30-37,41-42,71-72,90-91H,5-10,15-24,55-56H2,1-4H3,(H2,57,73)(H,61,85)(H,62,78)(H,63,80)(H,64,84)(H,65,87)(H,66,81)(H,67,82)(H,68,86)(H,69,83)(H,70,79)(H,74,75)(H,76,77)(H,88,89)(H4,58,59,60)/t25-,26-,27+,30-,31-,32-,33-,34-,35-,36-,37-,41-,42-/m0/s1. The van der Waals surface area contributed by atoms with E-state index in [0.29, 0.717) is 18.4 Å². The third kappa shape index (κ3) is 30.7. The fourth-order valence-corrected chi connectivity index (χ4v) is 8.80. The molecule has 1 aromatic carbocycles. The number of carbonyl (C=O) groups is 14. The smallest absolute Gasteiger partial charge is 0.326 e. The summed E-state index contributed by atoms with van der Waals surface area (Å²) in [5, 5.41) is 72.9. The van der Waals surface area contributed by atoms with Crippen molar-refractivity contribution in [3.8, 4) is 5.75 Å². The fourth-order valence-electron chi connectivity index (χ4n) is 8.28. The summed E-state index contributed by atoms with van der Waals surface area (Å²) in [6.45, 7) is 5.62. The first-order valence-corrected chi connectivity index (χ1v) is 30.1. The highest BCUT2D eigenvalue weighted by molar-refractivity contribution is 7.80. The van der Waals surface area contributed by atoms with Crippen molar-refractivity contribution in [1.82, 2.24) is 53.2 Å². The number of aliphatic hydroxyl groups is 1. The van der Waals surface area contributed by atoms with E-state index in [1.807, 2.05) is 0 Å². The topological polar surface area (TPSA) is 603 Å². The number of aliphatic carboxylic acids is 3. The van der Waals surface area contributed by atoms with Crippen LogP contribution in [-0.4, -0.2) is 212 Å². The van der Waals surface area contributed by atoms with Gasteiger partial charge in [-0.05, 0) is 89.0 Å². The zero-order valence-electron chi connectivity index (χ0n) is 50.8. The lowest BCUT2D eigenvalue weighted by atomic mass is 9.98. The number of primary amides is 1. The molecule has 13 atom stereocenters. The highest BCUT2D eigenvalue weighted by atomic mass is 32.1. The molecule has 0 bridgehead atoms. The van der Waals surface area contributed by atoms with Gasteiger partial charge < -0.3 is 107 Å². The number of nitrogens with two attached hydrogens (primary N) is 5. The lowest BCUT2D eigenvalue weighted by Crippen LogP contribution is -2.61. The predicted octanol–water partition coefficient (Wildman–Crippen LogP) is -6.71. The third-order valence-corrected chi connectivity index (χ3v) is 14.4. The molecule has 35 nitrogen and oxygen atoms in total. The molecule has 11 amide bonds. The van der Waals surface area contributed by atoms with Gasteiger partial charge in [0.2, 0.25) is 65.0 Å². The van der Waals surface area contributed by atoms with Crippen LogP contribution in [0.1, 0.15) is 104 Å². The van der Waals surface area contributed by atoms with Gasteiger partial charge in [0.05, 0.1) is 18.6 Å². The van der Waals surface area contributed by atoms with E-state index in [0.717, 1.165) is 6.92 Å². The number of carboxylic acid groups (broad SMARTS) is 3. The minimum atomic E-state index is -1.79. The molecule has 0 unspecified atom stereocenters. The lowest BCUT2D eigenvalue weighted by molar-refractivity contribution is -0.144. The number of aliphatic hydroxyl groups excluding tert-OH is 1. The molecule has 0 saturated heterocycles. The Labute approximate surface area is 535 Å². The van der Waals surface area contributed by atoms with E-state index < -0.39 is 205 Å². The molecule has 0 saturated carbocycles. The van der Waals surface area contributed by atoms with Crippen molar-refractivity contribution < 1.29 is 92.7 Å². The van der Waals surface area contributed by atoms with E-state index >= 15 is 0 Å². The normalized spacial score (nSPS) is 15.3.